The molecule has 2 heterocycles. The van der Waals surface area contributed by atoms with Crippen molar-refractivity contribution in [1.82, 2.24) is 10.2 Å². The summed E-state index contributed by atoms with van der Waals surface area (Å²) in [5.41, 5.74) is 1.12. The topological polar surface area (TPSA) is 88.2 Å². The molecule has 0 unspecified atom stereocenters. The minimum absolute atomic E-state index is 0.0233. The molecular weight excluding hydrogens is 410 g/mol. The summed E-state index contributed by atoms with van der Waals surface area (Å²) in [5.74, 6) is -0.722. The number of benzene rings is 1. The van der Waals surface area contributed by atoms with Gasteiger partial charge < -0.3 is 19.7 Å². The zero-order valence-electron chi connectivity index (χ0n) is 18.6. The molecule has 32 heavy (non-hydrogen) atoms. The normalized spacial score (nSPS) is 21.4. The smallest absolute Gasteiger partial charge is 0.338 e. The summed E-state index contributed by atoms with van der Waals surface area (Å²) in [6.45, 7) is 4.23. The van der Waals surface area contributed by atoms with E-state index in [1.54, 1.807) is 29.2 Å². The summed E-state index contributed by atoms with van der Waals surface area (Å²) >= 11 is 0. The highest BCUT2D eigenvalue weighted by molar-refractivity contribution is 5.96. The van der Waals surface area contributed by atoms with Gasteiger partial charge in [0.2, 0.25) is 5.91 Å². The zero-order valence-corrected chi connectivity index (χ0v) is 18.6. The second kappa shape index (κ2) is 10.4. The Labute approximate surface area is 189 Å². The third kappa shape index (κ3) is 5.30. The average molecular weight is 444 g/mol. The van der Waals surface area contributed by atoms with E-state index in [9.17, 15) is 14.4 Å². The second-order valence-corrected chi connectivity index (χ2v) is 8.93. The molecule has 0 atom stereocenters. The number of hydrogen-bond acceptors (Lipinski definition) is 6. The molecule has 8 nitrogen and oxygen atoms in total. The second-order valence-electron chi connectivity index (χ2n) is 8.93. The van der Waals surface area contributed by atoms with Crippen molar-refractivity contribution in [2.45, 2.75) is 50.5 Å². The molecule has 3 fully saturated rings. The fourth-order valence-corrected chi connectivity index (χ4v) is 5.08. The lowest BCUT2D eigenvalue weighted by Crippen LogP contribution is -2.59. The number of esters is 1. The Hall–Kier alpha value is -2.45. The van der Waals surface area contributed by atoms with Crippen LogP contribution in [0.25, 0.3) is 0 Å². The van der Waals surface area contributed by atoms with Gasteiger partial charge in [-0.15, -0.1) is 0 Å². The lowest BCUT2D eigenvalue weighted by Gasteiger charge is -2.48. The Bertz CT molecular complexity index is 813. The molecule has 1 saturated carbocycles. The number of carbonyl (C=O) groups excluding carboxylic acids is 3. The van der Waals surface area contributed by atoms with Gasteiger partial charge >= 0.3 is 5.97 Å². The van der Waals surface area contributed by atoms with Crippen molar-refractivity contribution in [2.75, 3.05) is 50.9 Å². The van der Waals surface area contributed by atoms with Gasteiger partial charge in [0.15, 0.2) is 6.61 Å². The summed E-state index contributed by atoms with van der Waals surface area (Å²) in [6.07, 6.45) is 7.12. The van der Waals surface area contributed by atoms with Crippen molar-refractivity contribution in [2.24, 2.45) is 0 Å². The number of anilines is 1. The molecule has 2 amide bonds. The first-order valence-electron chi connectivity index (χ1n) is 11.7. The molecule has 1 aromatic rings. The Morgan fingerprint density at radius 2 is 1.72 bits per heavy atom. The van der Waals surface area contributed by atoms with Crippen LogP contribution in [0.3, 0.4) is 0 Å². The van der Waals surface area contributed by atoms with Crippen LogP contribution in [0.2, 0.25) is 0 Å². The van der Waals surface area contributed by atoms with Crippen LogP contribution in [0.4, 0.5) is 5.69 Å². The van der Waals surface area contributed by atoms with E-state index in [0.29, 0.717) is 25.1 Å². The van der Waals surface area contributed by atoms with Gasteiger partial charge in [0, 0.05) is 43.8 Å². The van der Waals surface area contributed by atoms with Gasteiger partial charge in [-0.05, 0) is 43.5 Å². The van der Waals surface area contributed by atoms with Crippen molar-refractivity contribution < 1.29 is 23.9 Å². The molecule has 174 valence electrons. The van der Waals surface area contributed by atoms with Gasteiger partial charge in [0.25, 0.3) is 5.91 Å². The summed E-state index contributed by atoms with van der Waals surface area (Å²) in [4.78, 5) is 40.8. The maximum absolute atomic E-state index is 12.4. The van der Waals surface area contributed by atoms with E-state index in [2.05, 4.69) is 10.2 Å². The van der Waals surface area contributed by atoms with Gasteiger partial charge in [0.05, 0.1) is 18.8 Å². The predicted octanol–water partition coefficient (Wildman–Crippen LogP) is 2.12. The van der Waals surface area contributed by atoms with Crippen LogP contribution in [0, 0.1) is 0 Å². The van der Waals surface area contributed by atoms with E-state index in [1.807, 2.05) is 0 Å². The van der Waals surface area contributed by atoms with Crippen LogP contribution in [0.5, 0.6) is 0 Å². The van der Waals surface area contributed by atoms with E-state index in [0.717, 1.165) is 51.3 Å². The number of hydrogen-bond donors (Lipinski definition) is 1. The molecule has 8 heteroatoms. The van der Waals surface area contributed by atoms with E-state index >= 15 is 0 Å². The van der Waals surface area contributed by atoms with Crippen LogP contribution in [0.1, 0.15) is 55.3 Å². The highest BCUT2D eigenvalue weighted by Gasteiger charge is 2.38. The molecule has 3 aliphatic rings. The molecule has 4 rings (SSSR count). The van der Waals surface area contributed by atoms with Crippen molar-refractivity contribution in [3.8, 4) is 0 Å². The minimum atomic E-state index is -0.542. The molecule has 2 saturated heterocycles. The first kappa shape index (κ1) is 22.7. The van der Waals surface area contributed by atoms with Gasteiger partial charge in [0.1, 0.15) is 0 Å². The summed E-state index contributed by atoms with van der Waals surface area (Å²) in [6, 6.07) is 6.76. The van der Waals surface area contributed by atoms with Crippen LogP contribution in [-0.4, -0.2) is 74.2 Å². The maximum Gasteiger partial charge on any atom is 0.338 e. The Morgan fingerprint density at radius 3 is 2.38 bits per heavy atom. The van der Waals surface area contributed by atoms with Crippen molar-refractivity contribution in [3.05, 3.63) is 29.8 Å². The van der Waals surface area contributed by atoms with Gasteiger partial charge in [-0.2, -0.15) is 0 Å². The van der Waals surface area contributed by atoms with Gasteiger partial charge in [-0.3, -0.25) is 14.5 Å². The number of nitrogens with zero attached hydrogens (tertiary/aromatic N) is 2. The largest absolute Gasteiger partial charge is 0.452 e. The zero-order chi connectivity index (χ0) is 22.4. The monoisotopic (exact) mass is 443 g/mol. The van der Waals surface area contributed by atoms with Crippen LogP contribution < -0.4 is 10.2 Å². The van der Waals surface area contributed by atoms with E-state index in [-0.39, 0.29) is 24.0 Å². The van der Waals surface area contributed by atoms with Crippen LogP contribution >= 0.6 is 0 Å². The van der Waals surface area contributed by atoms with Crippen molar-refractivity contribution in [1.29, 1.82) is 0 Å². The third-order valence-corrected chi connectivity index (χ3v) is 6.90. The van der Waals surface area contributed by atoms with E-state index < -0.39 is 5.97 Å². The number of ether oxygens (including phenoxy) is 2. The highest BCUT2D eigenvalue weighted by Crippen LogP contribution is 2.33. The summed E-state index contributed by atoms with van der Waals surface area (Å²) < 4.78 is 10.7. The number of rotatable bonds is 7. The fraction of sp³-hybridized carbons (Fsp3) is 0.625. The SMILES string of the molecule is O=C(COC(=O)c1ccc(N2CCCC2=O)cc1)NCC1(N2CCOCC2)CCCCC1. The minimum Gasteiger partial charge on any atom is -0.452 e. The van der Waals surface area contributed by atoms with Crippen LogP contribution in [-0.2, 0) is 19.1 Å². The number of morpholine rings is 1. The lowest BCUT2D eigenvalue weighted by molar-refractivity contribution is -0.125. The van der Waals surface area contributed by atoms with E-state index in [4.69, 9.17) is 9.47 Å². The first-order chi connectivity index (χ1) is 15.6. The molecule has 0 aromatic heterocycles. The molecule has 1 aliphatic carbocycles. The quantitative estimate of drug-likeness (QED) is 0.650. The third-order valence-electron chi connectivity index (χ3n) is 6.90. The van der Waals surface area contributed by atoms with Crippen molar-refractivity contribution >= 4 is 23.5 Å². The highest BCUT2D eigenvalue weighted by atomic mass is 16.5. The van der Waals surface area contributed by atoms with E-state index in [1.165, 1.54) is 19.3 Å². The van der Waals surface area contributed by atoms with Crippen molar-refractivity contribution in [3.63, 3.8) is 0 Å². The lowest BCUT2D eigenvalue weighted by atomic mass is 9.79. The average Bonchev–Trinajstić information content (AvgIpc) is 3.28. The Morgan fingerprint density at radius 1 is 1.00 bits per heavy atom. The number of amides is 2. The van der Waals surface area contributed by atoms with Gasteiger partial charge in [-0.25, -0.2) is 4.79 Å². The molecule has 0 bridgehead atoms. The molecular formula is C24H33N3O5. The Balaban J connectivity index is 1.26. The number of carbonyl (C=O) groups is 3. The Kier molecular flexibility index (Phi) is 7.42. The molecule has 2 aliphatic heterocycles. The van der Waals surface area contributed by atoms with Gasteiger partial charge in [-0.1, -0.05) is 19.3 Å². The maximum atomic E-state index is 12.4. The molecule has 0 radical (unpaired) electrons. The summed E-state index contributed by atoms with van der Waals surface area (Å²) in [5, 5.41) is 3.01. The van der Waals surface area contributed by atoms with Crippen LogP contribution in [0.15, 0.2) is 24.3 Å². The summed E-state index contributed by atoms with van der Waals surface area (Å²) in [7, 11) is 0. The standard InChI is InChI=1S/C24H33N3O5/c28-21(25-18-24(10-2-1-3-11-24)26-13-15-31-16-14-26)17-32-23(30)19-6-8-20(9-7-19)27-12-4-5-22(27)29/h6-9H,1-5,10-18H2,(H,25,28). The molecule has 0 spiro atoms. The number of nitrogens with one attached hydrogen (secondary N) is 1. The fourth-order valence-electron chi connectivity index (χ4n) is 5.08. The predicted molar refractivity (Wildman–Crippen MR) is 120 cm³/mol. The molecule has 1 N–H and O–H groups in total. The molecule has 1 aromatic carbocycles. The first-order valence-corrected chi connectivity index (χ1v) is 11.7.